The molecule has 200 valence electrons. The minimum atomic E-state index is -0.246. The predicted molar refractivity (Wildman–Crippen MR) is 151 cm³/mol. The quantitative estimate of drug-likeness (QED) is 0.232. The van der Waals surface area contributed by atoms with E-state index in [2.05, 4.69) is 67.4 Å². The van der Waals surface area contributed by atoms with Crippen LogP contribution in [0.25, 0.3) is 0 Å². The second-order valence-corrected chi connectivity index (χ2v) is 10.5. The Morgan fingerprint density at radius 2 is 1.15 bits per heavy atom. The molecule has 0 amide bonds. The third kappa shape index (κ3) is 5.63. The molecular formula is C34H35NO4. The van der Waals surface area contributed by atoms with Gasteiger partial charge in [0.25, 0.3) is 0 Å². The highest BCUT2D eigenvalue weighted by atomic mass is 16.7. The number of benzene rings is 4. The number of aryl methyl sites for hydroxylation is 2. The van der Waals surface area contributed by atoms with E-state index in [9.17, 15) is 0 Å². The van der Waals surface area contributed by atoms with Crippen molar-refractivity contribution in [3.63, 3.8) is 0 Å². The second kappa shape index (κ2) is 11.7. The summed E-state index contributed by atoms with van der Waals surface area (Å²) in [6, 6.07) is 35.0. The van der Waals surface area contributed by atoms with Crippen LogP contribution < -0.4 is 4.84 Å². The molecule has 0 bridgehead atoms. The highest BCUT2D eigenvalue weighted by Gasteiger charge is 2.56. The summed E-state index contributed by atoms with van der Waals surface area (Å²) >= 11 is 0. The van der Waals surface area contributed by atoms with Crippen LogP contribution in [0.15, 0.2) is 103 Å². The molecule has 0 aromatic heterocycles. The Balaban J connectivity index is 1.30. The van der Waals surface area contributed by atoms with Crippen molar-refractivity contribution in [1.29, 1.82) is 0 Å². The normalized spacial score (nSPS) is 21.9. The van der Waals surface area contributed by atoms with E-state index in [1.807, 2.05) is 54.6 Å². The lowest BCUT2D eigenvalue weighted by Crippen LogP contribution is -2.42. The van der Waals surface area contributed by atoms with Crippen LogP contribution in [0.3, 0.4) is 0 Å². The molecule has 5 heteroatoms. The summed E-state index contributed by atoms with van der Waals surface area (Å²) in [4.78, 5) is 6.54. The van der Waals surface area contributed by atoms with Crippen LogP contribution in [-0.2, 0) is 34.0 Å². The predicted octanol–water partition coefficient (Wildman–Crippen LogP) is 6.72. The first-order chi connectivity index (χ1) is 19.2. The van der Waals surface area contributed by atoms with E-state index in [1.54, 1.807) is 0 Å². The molecule has 0 saturated carbocycles. The first-order valence-electron chi connectivity index (χ1n) is 13.7. The van der Waals surface area contributed by atoms with Crippen LogP contribution in [0.2, 0.25) is 0 Å². The van der Waals surface area contributed by atoms with E-state index in [1.165, 1.54) is 11.1 Å². The van der Waals surface area contributed by atoms with E-state index in [-0.39, 0.29) is 24.3 Å². The molecule has 1 fully saturated rings. The molecule has 4 atom stereocenters. The van der Waals surface area contributed by atoms with Gasteiger partial charge in [0.1, 0.15) is 18.2 Å². The zero-order valence-electron chi connectivity index (χ0n) is 22.5. The van der Waals surface area contributed by atoms with Crippen LogP contribution >= 0.6 is 0 Å². The molecular weight excluding hydrogens is 486 g/mol. The molecule has 6 rings (SSSR count). The number of rotatable bonds is 10. The summed E-state index contributed by atoms with van der Waals surface area (Å²) in [7, 11) is 0. The first kappa shape index (κ1) is 25.8. The smallest absolute Gasteiger partial charge is 0.152 e. The minimum Gasteiger partial charge on any atom is -0.404 e. The topological polar surface area (TPSA) is 40.2 Å². The highest BCUT2D eigenvalue weighted by molar-refractivity contribution is 5.47. The third-order valence-electron chi connectivity index (χ3n) is 7.73. The summed E-state index contributed by atoms with van der Waals surface area (Å²) in [5.41, 5.74) is 7.01. The van der Waals surface area contributed by atoms with Gasteiger partial charge in [0.2, 0.25) is 0 Å². The van der Waals surface area contributed by atoms with Crippen molar-refractivity contribution in [2.45, 2.75) is 58.0 Å². The van der Waals surface area contributed by atoms with E-state index in [0.29, 0.717) is 26.4 Å². The van der Waals surface area contributed by atoms with Gasteiger partial charge >= 0.3 is 0 Å². The van der Waals surface area contributed by atoms with Gasteiger partial charge in [-0.2, -0.15) is 0 Å². The van der Waals surface area contributed by atoms with Crippen molar-refractivity contribution < 1.29 is 19.0 Å². The van der Waals surface area contributed by atoms with Gasteiger partial charge in [-0.25, -0.2) is 0 Å². The van der Waals surface area contributed by atoms with Crippen LogP contribution in [0.1, 0.15) is 39.4 Å². The number of fused-ring (bicyclic) bond motifs is 3. The van der Waals surface area contributed by atoms with Gasteiger partial charge in [0.05, 0.1) is 32.5 Å². The molecule has 2 heterocycles. The molecule has 5 nitrogen and oxygen atoms in total. The maximum Gasteiger partial charge on any atom is 0.152 e. The van der Waals surface area contributed by atoms with Gasteiger partial charge in [0.15, 0.2) is 5.75 Å². The number of hydrogen-bond donors (Lipinski definition) is 0. The summed E-state index contributed by atoms with van der Waals surface area (Å²) in [5.74, 6) is 0.894. The third-order valence-corrected chi connectivity index (χ3v) is 7.73. The molecule has 0 aliphatic carbocycles. The summed E-state index contributed by atoms with van der Waals surface area (Å²) in [6.45, 7) is 6.25. The molecule has 0 unspecified atom stereocenters. The molecule has 4 aromatic carbocycles. The Morgan fingerprint density at radius 1 is 0.641 bits per heavy atom. The lowest BCUT2D eigenvalue weighted by molar-refractivity contribution is -0.125. The molecule has 4 aromatic rings. The van der Waals surface area contributed by atoms with Gasteiger partial charge in [-0.05, 0) is 47.7 Å². The highest BCUT2D eigenvalue weighted by Crippen LogP contribution is 2.49. The Hall–Kier alpha value is -3.48. The minimum absolute atomic E-state index is 0.0888. The lowest BCUT2D eigenvalue weighted by atomic mass is 9.96. The van der Waals surface area contributed by atoms with Crippen molar-refractivity contribution in [3.8, 4) is 5.75 Å². The molecule has 2 aliphatic heterocycles. The van der Waals surface area contributed by atoms with Gasteiger partial charge in [-0.1, -0.05) is 97.1 Å². The molecule has 1 saturated heterocycles. The molecule has 2 aliphatic rings. The lowest BCUT2D eigenvalue weighted by Gasteiger charge is -2.27. The zero-order chi connectivity index (χ0) is 26.6. The Kier molecular flexibility index (Phi) is 7.75. The van der Waals surface area contributed by atoms with Crippen molar-refractivity contribution in [2.75, 3.05) is 6.61 Å². The summed E-state index contributed by atoms with van der Waals surface area (Å²) in [6.07, 6.45) is -0.480. The summed E-state index contributed by atoms with van der Waals surface area (Å²) in [5, 5.41) is 2.07. The van der Waals surface area contributed by atoms with Gasteiger partial charge < -0.3 is 19.0 Å². The van der Waals surface area contributed by atoms with Crippen molar-refractivity contribution in [1.82, 2.24) is 5.06 Å². The van der Waals surface area contributed by atoms with E-state index < -0.39 is 0 Å². The second-order valence-electron chi connectivity index (χ2n) is 10.5. The van der Waals surface area contributed by atoms with Gasteiger partial charge in [0, 0.05) is 5.56 Å². The Morgan fingerprint density at radius 3 is 1.74 bits per heavy atom. The molecule has 0 spiro atoms. The van der Waals surface area contributed by atoms with Crippen LogP contribution in [-0.4, -0.2) is 29.9 Å². The molecule has 0 radical (unpaired) electrons. The number of hydroxylamine groups is 2. The Bertz CT molecular complexity index is 1360. The summed E-state index contributed by atoms with van der Waals surface area (Å²) < 4.78 is 19.7. The number of hydrogen-bond acceptors (Lipinski definition) is 5. The largest absolute Gasteiger partial charge is 0.404 e. The van der Waals surface area contributed by atoms with Crippen LogP contribution in [0.5, 0.6) is 5.75 Å². The fourth-order valence-electron chi connectivity index (χ4n) is 5.53. The van der Waals surface area contributed by atoms with Crippen LogP contribution in [0, 0.1) is 13.8 Å². The Labute approximate surface area is 230 Å². The monoisotopic (exact) mass is 521 g/mol. The van der Waals surface area contributed by atoms with E-state index >= 15 is 0 Å². The van der Waals surface area contributed by atoms with Gasteiger partial charge in [-0.15, -0.1) is 5.06 Å². The first-order valence-corrected chi connectivity index (χ1v) is 13.7. The van der Waals surface area contributed by atoms with Gasteiger partial charge in [-0.3, -0.25) is 0 Å². The average Bonchev–Trinajstić information content (AvgIpc) is 3.46. The number of ether oxygens (including phenoxy) is 3. The maximum atomic E-state index is 6.72. The van der Waals surface area contributed by atoms with Crippen molar-refractivity contribution in [2.24, 2.45) is 0 Å². The maximum absolute atomic E-state index is 6.72. The van der Waals surface area contributed by atoms with E-state index in [0.717, 1.165) is 28.0 Å². The SMILES string of the molecule is Cc1cc2c(cc1C)[C@H]1[C@H](OCc3ccccc3)[C@H](OCc3ccccc3)[C@H](COCc3ccccc3)N1O2. The molecule has 0 N–H and O–H groups in total. The fourth-order valence-corrected chi connectivity index (χ4v) is 5.53. The van der Waals surface area contributed by atoms with Crippen molar-refractivity contribution >= 4 is 0 Å². The van der Waals surface area contributed by atoms with Crippen LogP contribution in [0.4, 0.5) is 0 Å². The average molecular weight is 522 g/mol. The molecule has 39 heavy (non-hydrogen) atoms. The standard InChI is InChI=1S/C34H35NO4/c1-24-18-29-31(19-25(24)2)39-35-30(23-36-20-26-12-6-3-7-13-26)33(37-21-27-14-8-4-9-15-27)34(32(29)35)38-22-28-16-10-5-11-17-28/h3-19,30,32-34H,20-23H2,1-2H3/t30-,32-,33+,34-/m0/s1. The zero-order valence-corrected chi connectivity index (χ0v) is 22.5. The van der Waals surface area contributed by atoms with E-state index in [4.69, 9.17) is 19.0 Å². The fraction of sp³-hybridized carbons (Fsp3) is 0.294. The number of nitrogens with zero attached hydrogens (tertiary/aromatic N) is 1. The van der Waals surface area contributed by atoms with Crippen molar-refractivity contribution in [3.05, 3.63) is 137 Å².